The summed E-state index contributed by atoms with van der Waals surface area (Å²) in [6, 6.07) is 7.59. The molecule has 146 valence electrons. The normalized spacial score (nSPS) is 18.9. The van der Waals surface area contributed by atoms with Crippen LogP contribution >= 0.6 is 0 Å². The van der Waals surface area contributed by atoms with Crippen LogP contribution in [0.15, 0.2) is 46.3 Å². The van der Waals surface area contributed by atoms with E-state index in [0.717, 1.165) is 41.6 Å². The lowest BCUT2D eigenvalue weighted by atomic mass is 10.0. The second kappa shape index (κ2) is 6.24. The number of aryl methyl sites for hydroxylation is 1. The van der Waals surface area contributed by atoms with Crippen molar-refractivity contribution in [3.63, 3.8) is 0 Å². The van der Waals surface area contributed by atoms with E-state index >= 15 is 0 Å². The van der Waals surface area contributed by atoms with Crippen molar-refractivity contribution < 1.29 is 4.21 Å². The van der Waals surface area contributed by atoms with Gasteiger partial charge in [-0.15, -0.1) is 0 Å². The number of pyridine rings is 1. The van der Waals surface area contributed by atoms with Crippen LogP contribution in [-0.4, -0.2) is 25.6 Å². The minimum atomic E-state index is -2.79. The number of benzene rings is 1. The van der Waals surface area contributed by atoms with Crippen molar-refractivity contribution in [2.45, 2.75) is 35.8 Å². The first kappa shape index (κ1) is 17.6. The predicted octanol–water partition coefficient (Wildman–Crippen LogP) is 3.92. The van der Waals surface area contributed by atoms with Crippen molar-refractivity contribution in [2.75, 3.05) is 11.9 Å². The topological polar surface area (TPSA) is 90.7 Å². The first-order valence-electron chi connectivity index (χ1n) is 9.78. The molecule has 0 saturated heterocycles. The van der Waals surface area contributed by atoms with Gasteiger partial charge in [-0.25, -0.2) is 8.99 Å². The summed E-state index contributed by atoms with van der Waals surface area (Å²) in [6.45, 7) is 0.910. The standard InChI is InChI=1S/C21H24N4O2S/c1-25-12-18(16-8-9-23-20(16)21(25)26)17-10-15(28(22,27)14-4-5-14)6-7-19(17)24-11-13-2-3-13/h6-10,12-14,22-24H,2-5,11H2,1H3. The second-order valence-corrected chi connectivity index (χ2v) is 10.4. The Morgan fingerprint density at radius 1 is 1.21 bits per heavy atom. The van der Waals surface area contributed by atoms with Crippen LogP contribution in [0.4, 0.5) is 5.69 Å². The molecule has 1 atom stereocenters. The van der Waals surface area contributed by atoms with Crippen molar-refractivity contribution in [1.82, 2.24) is 9.55 Å². The molecular weight excluding hydrogens is 372 g/mol. The second-order valence-electron chi connectivity index (χ2n) is 8.06. The number of hydrogen-bond donors (Lipinski definition) is 3. The molecule has 3 N–H and O–H groups in total. The van der Waals surface area contributed by atoms with E-state index < -0.39 is 9.73 Å². The van der Waals surface area contributed by atoms with E-state index in [2.05, 4.69) is 10.3 Å². The maximum absolute atomic E-state index is 13.0. The van der Waals surface area contributed by atoms with Crippen LogP contribution in [0.3, 0.4) is 0 Å². The fourth-order valence-corrected chi connectivity index (χ4v) is 5.49. The summed E-state index contributed by atoms with van der Waals surface area (Å²) in [5.74, 6) is 0.715. The lowest BCUT2D eigenvalue weighted by molar-refractivity contribution is 0.674. The number of anilines is 1. The average Bonchev–Trinajstić information content (AvgIpc) is 3.61. The zero-order valence-electron chi connectivity index (χ0n) is 15.8. The Bertz CT molecular complexity index is 1230. The highest BCUT2D eigenvalue weighted by Crippen LogP contribution is 2.39. The smallest absolute Gasteiger partial charge is 0.274 e. The summed E-state index contributed by atoms with van der Waals surface area (Å²) < 4.78 is 23.1. The summed E-state index contributed by atoms with van der Waals surface area (Å²) in [6.07, 6.45) is 7.84. The van der Waals surface area contributed by atoms with Gasteiger partial charge in [0.1, 0.15) is 5.52 Å². The third kappa shape index (κ3) is 2.94. The van der Waals surface area contributed by atoms with Crippen LogP contribution in [0.2, 0.25) is 0 Å². The highest BCUT2D eigenvalue weighted by Gasteiger charge is 2.34. The highest BCUT2D eigenvalue weighted by atomic mass is 32.2. The van der Waals surface area contributed by atoms with Gasteiger partial charge >= 0.3 is 0 Å². The van der Waals surface area contributed by atoms with Crippen molar-refractivity contribution in [2.24, 2.45) is 13.0 Å². The van der Waals surface area contributed by atoms with E-state index in [1.54, 1.807) is 17.8 Å². The molecule has 2 aliphatic carbocycles. The minimum Gasteiger partial charge on any atom is -0.384 e. The van der Waals surface area contributed by atoms with Crippen molar-refractivity contribution >= 4 is 26.3 Å². The first-order chi connectivity index (χ1) is 13.4. The van der Waals surface area contributed by atoms with Gasteiger partial charge in [-0.1, -0.05) is 0 Å². The molecule has 1 unspecified atom stereocenters. The Morgan fingerprint density at radius 2 is 2.00 bits per heavy atom. The highest BCUT2D eigenvalue weighted by molar-refractivity contribution is 7.93. The molecule has 2 aliphatic rings. The molecule has 0 amide bonds. The number of nitrogens with zero attached hydrogens (tertiary/aromatic N) is 1. The number of hydrogen-bond acceptors (Lipinski definition) is 4. The van der Waals surface area contributed by atoms with Crippen LogP contribution < -0.4 is 10.9 Å². The number of H-pyrrole nitrogens is 1. The molecule has 2 heterocycles. The van der Waals surface area contributed by atoms with Gasteiger partial charge in [0.15, 0.2) is 0 Å². The number of fused-ring (bicyclic) bond motifs is 1. The molecule has 2 fully saturated rings. The molecule has 2 aromatic heterocycles. The van der Waals surface area contributed by atoms with Gasteiger partial charge in [0, 0.05) is 58.3 Å². The van der Waals surface area contributed by atoms with Gasteiger partial charge in [-0.3, -0.25) is 4.79 Å². The summed E-state index contributed by atoms with van der Waals surface area (Å²) >= 11 is 0. The Kier molecular flexibility index (Phi) is 3.91. The molecule has 0 radical (unpaired) electrons. The van der Waals surface area contributed by atoms with Crippen LogP contribution in [0.1, 0.15) is 25.7 Å². The molecule has 0 aliphatic heterocycles. The zero-order chi connectivity index (χ0) is 19.5. The Hall–Kier alpha value is -2.54. The maximum atomic E-state index is 13.0. The van der Waals surface area contributed by atoms with Crippen molar-refractivity contribution in [3.05, 3.63) is 47.0 Å². The average molecular weight is 397 g/mol. The summed E-state index contributed by atoms with van der Waals surface area (Å²) in [5.41, 5.74) is 3.26. The van der Waals surface area contributed by atoms with E-state index in [9.17, 15) is 9.00 Å². The van der Waals surface area contributed by atoms with Gasteiger partial charge in [0.25, 0.3) is 5.56 Å². The van der Waals surface area contributed by atoms with Gasteiger partial charge in [-0.05, 0) is 55.9 Å². The SMILES string of the molecule is Cn1cc(-c2cc(S(=N)(=O)C3CC3)ccc2NCC2CC2)c2cc[nH]c2c1=O. The van der Waals surface area contributed by atoms with Gasteiger partial charge in [0.05, 0.1) is 9.73 Å². The Labute approximate surface area is 163 Å². The molecule has 0 spiro atoms. The van der Waals surface area contributed by atoms with Crippen LogP contribution in [0.25, 0.3) is 22.0 Å². The van der Waals surface area contributed by atoms with E-state index in [1.807, 2.05) is 30.5 Å². The largest absolute Gasteiger partial charge is 0.384 e. The lowest BCUT2D eigenvalue weighted by Crippen LogP contribution is -2.17. The summed E-state index contributed by atoms with van der Waals surface area (Å²) in [4.78, 5) is 16.1. The predicted molar refractivity (Wildman–Crippen MR) is 112 cm³/mol. The van der Waals surface area contributed by atoms with Gasteiger partial charge in [0.2, 0.25) is 0 Å². The third-order valence-corrected chi connectivity index (χ3v) is 8.16. The monoisotopic (exact) mass is 396 g/mol. The van der Waals surface area contributed by atoms with E-state index in [4.69, 9.17) is 4.78 Å². The fourth-order valence-electron chi connectivity index (χ4n) is 3.74. The van der Waals surface area contributed by atoms with Crippen LogP contribution in [0, 0.1) is 10.7 Å². The minimum absolute atomic E-state index is 0.0296. The first-order valence-corrected chi connectivity index (χ1v) is 11.4. The van der Waals surface area contributed by atoms with Crippen LogP contribution in [-0.2, 0) is 16.8 Å². The van der Waals surface area contributed by atoms with E-state index in [1.165, 1.54) is 12.8 Å². The summed E-state index contributed by atoms with van der Waals surface area (Å²) in [7, 11) is -1.05. The van der Waals surface area contributed by atoms with Crippen molar-refractivity contribution in [1.29, 1.82) is 4.78 Å². The summed E-state index contributed by atoms with van der Waals surface area (Å²) in [5, 5.41) is 4.35. The molecule has 3 aromatic rings. The van der Waals surface area contributed by atoms with Crippen molar-refractivity contribution in [3.8, 4) is 11.1 Å². The number of rotatable bonds is 6. The molecular formula is C21H24N4O2S. The molecule has 1 aromatic carbocycles. The van der Waals surface area contributed by atoms with Gasteiger partial charge < -0.3 is 14.9 Å². The van der Waals surface area contributed by atoms with Gasteiger partial charge in [-0.2, -0.15) is 0 Å². The fraction of sp³-hybridized carbons (Fsp3) is 0.381. The Balaban J connectivity index is 1.70. The number of nitrogens with one attached hydrogen (secondary N) is 3. The number of aromatic amines is 1. The molecule has 7 heteroatoms. The number of aromatic nitrogens is 2. The quantitative estimate of drug-likeness (QED) is 0.590. The lowest BCUT2D eigenvalue weighted by Gasteiger charge is -2.16. The third-order valence-electron chi connectivity index (χ3n) is 5.80. The maximum Gasteiger partial charge on any atom is 0.274 e. The molecule has 6 nitrogen and oxygen atoms in total. The Morgan fingerprint density at radius 3 is 2.71 bits per heavy atom. The molecule has 0 bridgehead atoms. The molecule has 2 saturated carbocycles. The van der Waals surface area contributed by atoms with Crippen LogP contribution in [0.5, 0.6) is 0 Å². The van der Waals surface area contributed by atoms with E-state index in [0.29, 0.717) is 16.3 Å². The molecule has 5 rings (SSSR count). The zero-order valence-corrected chi connectivity index (χ0v) is 16.6. The molecule has 28 heavy (non-hydrogen) atoms. The van der Waals surface area contributed by atoms with E-state index in [-0.39, 0.29) is 10.8 Å².